The third-order valence-corrected chi connectivity index (χ3v) is 5.33. The van der Waals surface area contributed by atoms with Crippen molar-refractivity contribution in [3.05, 3.63) is 56.6 Å². The van der Waals surface area contributed by atoms with Crippen LogP contribution in [0.25, 0.3) is 0 Å². The number of carbonyl (C=O) groups excluding carboxylic acids is 1. The molecule has 0 bridgehead atoms. The number of rotatable bonds is 5. The first-order valence-corrected chi connectivity index (χ1v) is 8.94. The molecule has 2 aromatic rings. The van der Waals surface area contributed by atoms with Crippen molar-refractivity contribution >= 4 is 17.2 Å². The Labute approximate surface area is 145 Å². The first-order chi connectivity index (χ1) is 11.6. The summed E-state index contributed by atoms with van der Waals surface area (Å²) in [6, 6.07) is 7.27. The van der Waals surface area contributed by atoms with Crippen LogP contribution in [0.2, 0.25) is 0 Å². The molecule has 1 saturated heterocycles. The van der Waals surface area contributed by atoms with Crippen LogP contribution in [0.1, 0.15) is 21.3 Å². The van der Waals surface area contributed by atoms with Gasteiger partial charge < -0.3 is 15.2 Å². The number of piperazine rings is 1. The molecule has 2 aromatic heterocycles. The molecule has 1 atom stereocenters. The molecule has 3 rings (SSSR count). The van der Waals surface area contributed by atoms with Gasteiger partial charge in [-0.05, 0) is 24.6 Å². The Morgan fingerprint density at radius 3 is 2.71 bits per heavy atom. The van der Waals surface area contributed by atoms with Crippen molar-refractivity contribution < 1.29 is 4.79 Å². The van der Waals surface area contributed by atoms with E-state index in [1.54, 1.807) is 17.4 Å². The number of pyridine rings is 1. The Morgan fingerprint density at radius 2 is 2.08 bits per heavy atom. The molecule has 1 fully saturated rings. The van der Waals surface area contributed by atoms with Crippen LogP contribution in [0.3, 0.4) is 0 Å². The zero-order valence-corrected chi connectivity index (χ0v) is 14.5. The molecule has 0 radical (unpaired) electrons. The van der Waals surface area contributed by atoms with Gasteiger partial charge in [-0.2, -0.15) is 0 Å². The summed E-state index contributed by atoms with van der Waals surface area (Å²) in [5.74, 6) is -0.165. The van der Waals surface area contributed by atoms with Gasteiger partial charge in [0, 0.05) is 49.9 Å². The number of aromatic amines is 1. The molecule has 128 valence electrons. The fourth-order valence-electron chi connectivity index (χ4n) is 2.87. The van der Waals surface area contributed by atoms with E-state index in [1.807, 2.05) is 6.07 Å². The van der Waals surface area contributed by atoms with Crippen LogP contribution >= 0.6 is 11.3 Å². The molecule has 7 heteroatoms. The summed E-state index contributed by atoms with van der Waals surface area (Å²) in [4.78, 5) is 32.0. The topological polar surface area (TPSA) is 68.4 Å². The van der Waals surface area contributed by atoms with Crippen molar-refractivity contribution in [3.8, 4) is 0 Å². The summed E-state index contributed by atoms with van der Waals surface area (Å²) in [6.45, 7) is 4.62. The lowest BCUT2D eigenvalue weighted by molar-refractivity contribution is 0.0890. The van der Waals surface area contributed by atoms with Crippen molar-refractivity contribution in [1.29, 1.82) is 0 Å². The molecule has 2 N–H and O–H groups in total. The second-order valence-electron chi connectivity index (χ2n) is 6.02. The van der Waals surface area contributed by atoms with Gasteiger partial charge in [0.05, 0.1) is 11.6 Å². The van der Waals surface area contributed by atoms with Crippen LogP contribution < -0.4 is 10.9 Å². The number of likely N-dealkylation sites (N-methyl/N-ethyl adjacent to an activating group) is 1. The molecule has 1 aliphatic rings. The van der Waals surface area contributed by atoms with E-state index in [9.17, 15) is 9.59 Å². The highest BCUT2D eigenvalue weighted by atomic mass is 32.1. The molecule has 3 heterocycles. The molecular weight excluding hydrogens is 324 g/mol. The molecule has 24 heavy (non-hydrogen) atoms. The van der Waals surface area contributed by atoms with Gasteiger partial charge in [-0.25, -0.2) is 0 Å². The highest BCUT2D eigenvalue weighted by Crippen LogP contribution is 2.25. The van der Waals surface area contributed by atoms with E-state index in [2.05, 4.69) is 38.6 Å². The summed E-state index contributed by atoms with van der Waals surface area (Å²) in [5, 5.41) is 5.08. The third kappa shape index (κ3) is 4.11. The number of nitrogens with zero attached hydrogens (tertiary/aromatic N) is 2. The van der Waals surface area contributed by atoms with Gasteiger partial charge in [-0.15, -0.1) is 11.3 Å². The van der Waals surface area contributed by atoms with E-state index >= 15 is 0 Å². The number of thiophene rings is 1. The van der Waals surface area contributed by atoms with Gasteiger partial charge in [0.2, 0.25) is 5.56 Å². The summed E-state index contributed by atoms with van der Waals surface area (Å²) in [7, 11) is 2.13. The van der Waals surface area contributed by atoms with Crippen LogP contribution in [0.4, 0.5) is 0 Å². The van der Waals surface area contributed by atoms with E-state index in [4.69, 9.17) is 0 Å². The Hall–Kier alpha value is -1.96. The number of amides is 1. The Morgan fingerprint density at radius 1 is 1.29 bits per heavy atom. The van der Waals surface area contributed by atoms with Crippen LogP contribution in [0.15, 0.2) is 40.6 Å². The zero-order chi connectivity index (χ0) is 16.9. The van der Waals surface area contributed by atoms with Crippen LogP contribution in [-0.4, -0.2) is 60.5 Å². The van der Waals surface area contributed by atoms with E-state index in [1.165, 1.54) is 17.1 Å². The fourth-order valence-corrected chi connectivity index (χ4v) is 3.73. The number of hydrogen-bond acceptors (Lipinski definition) is 5. The summed E-state index contributed by atoms with van der Waals surface area (Å²) in [6.07, 6.45) is 1.45. The largest absolute Gasteiger partial charge is 0.350 e. The number of carbonyl (C=O) groups is 1. The Balaban J connectivity index is 1.67. The number of H-pyrrole nitrogens is 1. The molecular formula is C17H22N4O2S. The number of aromatic nitrogens is 1. The van der Waals surface area contributed by atoms with Crippen molar-refractivity contribution in [2.75, 3.05) is 39.8 Å². The summed E-state index contributed by atoms with van der Waals surface area (Å²) in [5.41, 5.74) is 0.262. The highest BCUT2D eigenvalue weighted by Gasteiger charge is 2.25. The molecule has 0 spiro atoms. The lowest BCUT2D eigenvalue weighted by Gasteiger charge is -2.37. The standard InChI is InChI=1S/C17H22N4O2S/c1-20-6-8-21(9-7-20)14(15-3-2-10-24-15)12-19-17(23)13-4-5-16(22)18-11-13/h2-5,10-11,14H,6-9,12H2,1H3,(H,18,22)(H,19,23). The minimum absolute atomic E-state index is 0.165. The summed E-state index contributed by atoms with van der Waals surface area (Å²) < 4.78 is 0. The molecule has 1 unspecified atom stereocenters. The molecule has 1 aliphatic heterocycles. The van der Waals surface area contributed by atoms with Gasteiger partial charge in [-0.1, -0.05) is 6.07 Å². The predicted octanol–water partition coefficient (Wildman–Crippen LogP) is 1.15. The molecule has 1 amide bonds. The van der Waals surface area contributed by atoms with Crippen LogP contribution in [0, 0.1) is 0 Å². The molecule has 6 nitrogen and oxygen atoms in total. The average Bonchev–Trinajstić information content (AvgIpc) is 3.11. The van der Waals surface area contributed by atoms with Crippen LogP contribution in [-0.2, 0) is 0 Å². The van der Waals surface area contributed by atoms with Crippen molar-refractivity contribution in [1.82, 2.24) is 20.1 Å². The van der Waals surface area contributed by atoms with E-state index in [0.29, 0.717) is 12.1 Å². The number of nitrogens with one attached hydrogen (secondary N) is 2. The van der Waals surface area contributed by atoms with Gasteiger partial charge in [0.1, 0.15) is 0 Å². The maximum atomic E-state index is 12.3. The third-order valence-electron chi connectivity index (χ3n) is 4.35. The maximum Gasteiger partial charge on any atom is 0.252 e. The average molecular weight is 346 g/mol. The quantitative estimate of drug-likeness (QED) is 0.852. The van der Waals surface area contributed by atoms with Gasteiger partial charge >= 0.3 is 0 Å². The molecule has 0 saturated carbocycles. The lowest BCUT2D eigenvalue weighted by Crippen LogP contribution is -2.48. The monoisotopic (exact) mass is 346 g/mol. The first-order valence-electron chi connectivity index (χ1n) is 8.06. The minimum atomic E-state index is -0.208. The minimum Gasteiger partial charge on any atom is -0.350 e. The highest BCUT2D eigenvalue weighted by molar-refractivity contribution is 7.10. The maximum absolute atomic E-state index is 12.3. The number of hydrogen-bond donors (Lipinski definition) is 2. The van der Waals surface area contributed by atoms with E-state index in [-0.39, 0.29) is 17.5 Å². The fraction of sp³-hybridized carbons (Fsp3) is 0.412. The first kappa shape index (κ1) is 16.9. The second-order valence-corrected chi connectivity index (χ2v) is 7.00. The Kier molecular flexibility index (Phi) is 5.44. The second kappa shape index (κ2) is 7.74. The van der Waals surface area contributed by atoms with E-state index < -0.39 is 0 Å². The zero-order valence-electron chi connectivity index (χ0n) is 13.7. The van der Waals surface area contributed by atoms with Crippen LogP contribution in [0.5, 0.6) is 0 Å². The van der Waals surface area contributed by atoms with Gasteiger partial charge in [0.15, 0.2) is 0 Å². The summed E-state index contributed by atoms with van der Waals surface area (Å²) >= 11 is 1.72. The van der Waals surface area contributed by atoms with Gasteiger partial charge in [-0.3, -0.25) is 14.5 Å². The van der Waals surface area contributed by atoms with Crippen molar-refractivity contribution in [3.63, 3.8) is 0 Å². The normalized spacial score (nSPS) is 17.5. The van der Waals surface area contributed by atoms with Crippen molar-refractivity contribution in [2.24, 2.45) is 0 Å². The predicted molar refractivity (Wildman–Crippen MR) is 95.5 cm³/mol. The SMILES string of the molecule is CN1CCN(C(CNC(=O)c2ccc(=O)[nH]c2)c2cccs2)CC1. The molecule has 0 aromatic carbocycles. The van der Waals surface area contributed by atoms with Crippen molar-refractivity contribution in [2.45, 2.75) is 6.04 Å². The van der Waals surface area contributed by atoms with E-state index in [0.717, 1.165) is 26.2 Å². The Bertz CT molecular complexity index is 700. The lowest BCUT2D eigenvalue weighted by atomic mass is 10.1. The molecule has 0 aliphatic carbocycles. The smallest absolute Gasteiger partial charge is 0.252 e. The van der Waals surface area contributed by atoms with Gasteiger partial charge in [0.25, 0.3) is 5.91 Å².